The number of urea groups is 1. The molecule has 136 valence electrons. The van der Waals surface area contributed by atoms with E-state index in [2.05, 4.69) is 16.0 Å². The van der Waals surface area contributed by atoms with Gasteiger partial charge in [0, 0.05) is 12.1 Å². The van der Waals surface area contributed by atoms with Gasteiger partial charge >= 0.3 is 6.03 Å². The molecule has 3 N–H and O–H groups in total. The molecule has 0 radical (unpaired) electrons. The van der Waals surface area contributed by atoms with Crippen LogP contribution in [0.5, 0.6) is 0 Å². The molecule has 2 aliphatic heterocycles. The van der Waals surface area contributed by atoms with Crippen LogP contribution in [-0.4, -0.2) is 48.9 Å². The van der Waals surface area contributed by atoms with Gasteiger partial charge in [0.25, 0.3) is 5.91 Å². The molecule has 1 aromatic carbocycles. The first-order valence-electron chi connectivity index (χ1n) is 8.29. The predicted molar refractivity (Wildman–Crippen MR) is 95.6 cm³/mol. The summed E-state index contributed by atoms with van der Waals surface area (Å²) < 4.78 is 0. The van der Waals surface area contributed by atoms with E-state index < -0.39 is 0 Å². The van der Waals surface area contributed by atoms with Crippen molar-refractivity contribution in [3.63, 3.8) is 0 Å². The minimum Gasteiger partial charge on any atom is -0.352 e. The van der Waals surface area contributed by atoms with Crippen LogP contribution in [-0.2, 0) is 11.3 Å². The molecule has 0 spiro atoms. The summed E-state index contributed by atoms with van der Waals surface area (Å²) in [5, 5.41) is 8.78. The van der Waals surface area contributed by atoms with Crippen molar-refractivity contribution < 1.29 is 14.4 Å². The number of carbonyl (C=O) groups excluding carboxylic acids is 3. The Kier molecular flexibility index (Phi) is 6.78. The van der Waals surface area contributed by atoms with Gasteiger partial charge in [0.2, 0.25) is 5.91 Å². The van der Waals surface area contributed by atoms with Gasteiger partial charge in [-0.2, -0.15) is 0 Å². The molecule has 1 aromatic rings. The molecular weight excluding hydrogens is 344 g/mol. The summed E-state index contributed by atoms with van der Waals surface area (Å²) in [6.45, 7) is 2.86. The van der Waals surface area contributed by atoms with Gasteiger partial charge in [-0.3, -0.25) is 14.5 Å². The number of hydrogen-bond acceptors (Lipinski definition) is 4. The van der Waals surface area contributed by atoms with Crippen molar-refractivity contribution in [3.05, 3.63) is 35.4 Å². The van der Waals surface area contributed by atoms with Crippen LogP contribution < -0.4 is 16.0 Å². The molecule has 2 heterocycles. The van der Waals surface area contributed by atoms with Crippen LogP contribution in [0.4, 0.5) is 4.79 Å². The van der Waals surface area contributed by atoms with E-state index in [1.165, 1.54) is 0 Å². The third-order valence-corrected chi connectivity index (χ3v) is 4.42. The van der Waals surface area contributed by atoms with Crippen molar-refractivity contribution in [3.8, 4) is 0 Å². The topological polar surface area (TPSA) is 90.5 Å². The lowest BCUT2D eigenvalue weighted by molar-refractivity contribution is -0.125. The average molecular weight is 367 g/mol. The fourth-order valence-corrected chi connectivity index (χ4v) is 3.05. The highest BCUT2D eigenvalue weighted by Gasteiger charge is 2.28. The van der Waals surface area contributed by atoms with E-state index in [1.54, 1.807) is 24.3 Å². The summed E-state index contributed by atoms with van der Waals surface area (Å²) in [5.74, 6) is 0.0936. The van der Waals surface area contributed by atoms with E-state index in [0.717, 1.165) is 36.4 Å². The Morgan fingerprint density at radius 1 is 1.32 bits per heavy atom. The van der Waals surface area contributed by atoms with Crippen molar-refractivity contribution in [1.29, 1.82) is 0 Å². The van der Waals surface area contributed by atoms with E-state index in [0.29, 0.717) is 18.0 Å². The minimum absolute atomic E-state index is 0. The van der Waals surface area contributed by atoms with E-state index in [4.69, 9.17) is 0 Å². The number of hydrogen-bond donors (Lipinski definition) is 3. The van der Waals surface area contributed by atoms with Gasteiger partial charge in [-0.25, -0.2) is 4.79 Å². The Balaban J connectivity index is 0.00000225. The van der Waals surface area contributed by atoms with Crippen LogP contribution in [0.3, 0.4) is 0 Å². The van der Waals surface area contributed by atoms with Crippen molar-refractivity contribution in [2.24, 2.45) is 5.92 Å². The lowest BCUT2D eigenvalue weighted by atomic mass is 9.99. The summed E-state index contributed by atoms with van der Waals surface area (Å²) >= 11 is 0. The molecule has 0 saturated carbocycles. The Morgan fingerprint density at radius 2 is 2.16 bits per heavy atom. The second kappa shape index (κ2) is 8.82. The molecular formula is C17H23ClN4O3. The third kappa shape index (κ3) is 4.93. The van der Waals surface area contributed by atoms with E-state index in [9.17, 15) is 14.4 Å². The molecule has 0 aliphatic carbocycles. The number of amides is 4. The summed E-state index contributed by atoms with van der Waals surface area (Å²) in [6, 6.07) is 6.66. The molecule has 1 unspecified atom stereocenters. The number of carbonyl (C=O) groups is 3. The monoisotopic (exact) mass is 366 g/mol. The summed E-state index contributed by atoms with van der Waals surface area (Å²) in [7, 11) is 0. The van der Waals surface area contributed by atoms with Gasteiger partial charge in [-0.05, 0) is 49.5 Å². The molecule has 25 heavy (non-hydrogen) atoms. The number of rotatable bonds is 5. The highest BCUT2D eigenvalue weighted by atomic mass is 35.5. The van der Waals surface area contributed by atoms with Gasteiger partial charge < -0.3 is 16.0 Å². The van der Waals surface area contributed by atoms with Crippen LogP contribution in [0.2, 0.25) is 0 Å². The zero-order valence-corrected chi connectivity index (χ0v) is 14.7. The van der Waals surface area contributed by atoms with Crippen LogP contribution in [0.25, 0.3) is 0 Å². The molecule has 1 atom stereocenters. The number of piperidine rings is 1. The predicted octanol–water partition coefficient (Wildman–Crippen LogP) is 0.890. The number of benzene rings is 1. The van der Waals surface area contributed by atoms with Crippen molar-refractivity contribution in [2.75, 3.05) is 26.2 Å². The summed E-state index contributed by atoms with van der Waals surface area (Å²) in [4.78, 5) is 36.7. The van der Waals surface area contributed by atoms with Gasteiger partial charge in [-0.1, -0.05) is 12.1 Å². The van der Waals surface area contributed by atoms with Crippen LogP contribution in [0.15, 0.2) is 24.3 Å². The standard InChI is InChI=1S/C17H22N4O3.ClH/c22-15-10-20-17(24)21(15)11-12-3-1-5-14(7-12)16(23)19-9-13-4-2-6-18-8-13;/h1,3,5,7,13,18H,2,4,6,8-11H2,(H,19,23)(H,20,24);1H. The molecule has 8 heteroatoms. The van der Waals surface area contributed by atoms with Crippen molar-refractivity contribution in [2.45, 2.75) is 19.4 Å². The first-order valence-corrected chi connectivity index (χ1v) is 8.29. The fourth-order valence-electron chi connectivity index (χ4n) is 3.05. The van der Waals surface area contributed by atoms with Gasteiger partial charge in [0.15, 0.2) is 0 Å². The first-order chi connectivity index (χ1) is 11.6. The van der Waals surface area contributed by atoms with E-state index in [-0.39, 0.29) is 43.3 Å². The number of nitrogens with one attached hydrogen (secondary N) is 3. The lowest BCUT2D eigenvalue weighted by Gasteiger charge is -2.22. The van der Waals surface area contributed by atoms with Crippen molar-refractivity contribution in [1.82, 2.24) is 20.9 Å². The highest BCUT2D eigenvalue weighted by Crippen LogP contribution is 2.12. The second-order valence-electron chi connectivity index (χ2n) is 6.26. The number of imide groups is 1. The van der Waals surface area contributed by atoms with Crippen molar-refractivity contribution >= 4 is 30.3 Å². The third-order valence-electron chi connectivity index (χ3n) is 4.42. The Labute approximate surface area is 152 Å². The number of nitrogens with zero attached hydrogens (tertiary/aromatic N) is 1. The van der Waals surface area contributed by atoms with Gasteiger partial charge in [0.1, 0.15) is 0 Å². The summed E-state index contributed by atoms with van der Waals surface area (Å²) in [6.07, 6.45) is 2.27. The SMILES string of the molecule is Cl.O=C(NCC1CCCNC1)c1cccc(CN2C(=O)CNC2=O)c1. The number of halogens is 1. The van der Waals surface area contributed by atoms with Gasteiger partial charge in [0.05, 0.1) is 13.1 Å². The second-order valence-corrected chi connectivity index (χ2v) is 6.26. The molecule has 7 nitrogen and oxygen atoms in total. The highest BCUT2D eigenvalue weighted by molar-refractivity contribution is 6.02. The molecule has 2 aliphatic rings. The molecule has 0 bridgehead atoms. The molecule has 3 rings (SSSR count). The van der Waals surface area contributed by atoms with Gasteiger partial charge in [-0.15, -0.1) is 12.4 Å². The quantitative estimate of drug-likeness (QED) is 0.675. The zero-order chi connectivity index (χ0) is 16.9. The average Bonchev–Trinajstić information content (AvgIpc) is 2.93. The first kappa shape index (κ1) is 19.2. The molecule has 0 aromatic heterocycles. The van der Waals surface area contributed by atoms with E-state index >= 15 is 0 Å². The van der Waals surface area contributed by atoms with Crippen LogP contribution in [0, 0.1) is 5.92 Å². The molecule has 4 amide bonds. The molecule has 2 fully saturated rings. The Hall–Kier alpha value is -2.12. The van der Waals surface area contributed by atoms with Crippen LogP contribution >= 0.6 is 12.4 Å². The smallest absolute Gasteiger partial charge is 0.324 e. The van der Waals surface area contributed by atoms with Crippen LogP contribution in [0.1, 0.15) is 28.8 Å². The maximum Gasteiger partial charge on any atom is 0.324 e. The lowest BCUT2D eigenvalue weighted by Crippen LogP contribution is -2.38. The zero-order valence-electron chi connectivity index (χ0n) is 13.9. The Bertz CT molecular complexity index is 631. The Morgan fingerprint density at radius 3 is 2.84 bits per heavy atom. The largest absolute Gasteiger partial charge is 0.352 e. The summed E-state index contributed by atoms with van der Waals surface area (Å²) in [5.41, 5.74) is 1.30. The normalized spacial score (nSPS) is 20.0. The fraction of sp³-hybridized carbons (Fsp3) is 0.471. The maximum absolute atomic E-state index is 12.3. The maximum atomic E-state index is 12.3. The molecule has 2 saturated heterocycles. The van der Waals surface area contributed by atoms with E-state index in [1.807, 2.05) is 0 Å². The minimum atomic E-state index is -0.389.